The monoisotopic (exact) mass is 241 g/mol. The number of halogens is 1. The molecular weight excluding hydrogens is 222 g/mol. The molecule has 0 unspecified atom stereocenters. The molecule has 1 N–H and O–H groups in total. The normalized spacial score (nSPS) is 17.6. The fourth-order valence-corrected chi connectivity index (χ4v) is 2.48. The number of nitrogens with one attached hydrogen (secondary N) is 1. The van der Waals surface area contributed by atoms with Crippen molar-refractivity contribution in [1.29, 1.82) is 0 Å². The summed E-state index contributed by atoms with van der Waals surface area (Å²) in [6, 6.07) is 0. The van der Waals surface area contributed by atoms with Crippen LogP contribution in [0.25, 0.3) is 0 Å². The number of hydrogen-bond donors (Lipinski definition) is 1. The van der Waals surface area contributed by atoms with E-state index >= 15 is 0 Å². The molecule has 1 aromatic heterocycles. The standard InChI is InChI=1S/C12H20ClN3/c1-16-9-8-15-11(16)2-7-14-10-12(3-4-12)5-6-13/h8-9,14H,2-7,10H2,1H3. The number of aromatic nitrogens is 2. The minimum atomic E-state index is 0.531. The lowest BCUT2D eigenvalue weighted by atomic mass is 10.0. The van der Waals surface area contributed by atoms with Crippen LogP contribution >= 0.6 is 11.6 Å². The Kier molecular flexibility index (Phi) is 3.87. The fourth-order valence-electron chi connectivity index (χ4n) is 2.08. The molecule has 0 aromatic carbocycles. The van der Waals surface area contributed by atoms with Crippen molar-refractivity contribution in [2.24, 2.45) is 12.5 Å². The molecule has 16 heavy (non-hydrogen) atoms. The summed E-state index contributed by atoms with van der Waals surface area (Å²) in [7, 11) is 2.04. The van der Waals surface area contributed by atoms with Gasteiger partial charge in [-0.05, 0) is 24.7 Å². The highest BCUT2D eigenvalue weighted by Crippen LogP contribution is 2.48. The lowest BCUT2D eigenvalue weighted by Gasteiger charge is -2.14. The zero-order valence-corrected chi connectivity index (χ0v) is 10.6. The van der Waals surface area contributed by atoms with Crippen molar-refractivity contribution in [2.45, 2.75) is 25.7 Å². The highest BCUT2D eigenvalue weighted by Gasteiger charge is 2.40. The molecule has 0 spiro atoms. The first kappa shape index (κ1) is 11.9. The number of imidazole rings is 1. The molecule has 3 nitrogen and oxygen atoms in total. The predicted molar refractivity (Wildman–Crippen MR) is 66.8 cm³/mol. The summed E-state index contributed by atoms with van der Waals surface area (Å²) in [6.07, 6.45) is 8.69. The second-order valence-electron chi connectivity index (χ2n) is 4.82. The van der Waals surface area contributed by atoms with Gasteiger partial charge in [-0.1, -0.05) is 0 Å². The summed E-state index contributed by atoms with van der Waals surface area (Å²) >= 11 is 5.80. The van der Waals surface area contributed by atoms with Gasteiger partial charge in [-0.15, -0.1) is 11.6 Å². The van der Waals surface area contributed by atoms with Crippen molar-refractivity contribution in [3.05, 3.63) is 18.2 Å². The largest absolute Gasteiger partial charge is 0.338 e. The first-order chi connectivity index (χ1) is 7.76. The lowest BCUT2D eigenvalue weighted by molar-refractivity contribution is 0.446. The number of rotatable bonds is 7. The van der Waals surface area contributed by atoms with Crippen molar-refractivity contribution in [1.82, 2.24) is 14.9 Å². The van der Waals surface area contributed by atoms with Crippen molar-refractivity contribution in [3.63, 3.8) is 0 Å². The van der Waals surface area contributed by atoms with Crippen LogP contribution < -0.4 is 5.32 Å². The third-order valence-electron chi connectivity index (χ3n) is 3.53. The van der Waals surface area contributed by atoms with Crippen LogP contribution in [0.1, 0.15) is 25.1 Å². The number of aryl methyl sites for hydroxylation is 1. The molecule has 1 aliphatic carbocycles. The summed E-state index contributed by atoms with van der Waals surface area (Å²) in [5.41, 5.74) is 0.531. The zero-order chi connectivity index (χ0) is 11.4. The number of alkyl halides is 1. The average Bonchev–Trinajstić information content (AvgIpc) is 2.91. The first-order valence-electron chi connectivity index (χ1n) is 5.99. The van der Waals surface area contributed by atoms with Crippen molar-refractivity contribution in [3.8, 4) is 0 Å². The molecule has 0 aliphatic heterocycles. The van der Waals surface area contributed by atoms with E-state index in [0.717, 1.165) is 37.6 Å². The second-order valence-corrected chi connectivity index (χ2v) is 5.20. The lowest BCUT2D eigenvalue weighted by Crippen LogP contribution is -2.26. The SMILES string of the molecule is Cn1ccnc1CCNCC1(CCCl)CC1. The second kappa shape index (κ2) is 5.19. The minimum Gasteiger partial charge on any atom is -0.338 e. The van der Waals surface area contributed by atoms with E-state index in [1.165, 1.54) is 12.8 Å². The average molecular weight is 242 g/mol. The Balaban J connectivity index is 1.64. The van der Waals surface area contributed by atoms with E-state index in [-0.39, 0.29) is 0 Å². The van der Waals surface area contributed by atoms with Gasteiger partial charge in [0.2, 0.25) is 0 Å². The molecule has 0 atom stereocenters. The zero-order valence-electron chi connectivity index (χ0n) is 9.88. The quantitative estimate of drug-likeness (QED) is 0.584. The van der Waals surface area contributed by atoms with Crippen LogP contribution in [-0.4, -0.2) is 28.5 Å². The van der Waals surface area contributed by atoms with Gasteiger partial charge in [-0.25, -0.2) is 4.98 Å². The van der Waals surface area contributed by atoms with Gasteiger partial charge in [0.25, 0.3) is 0 Å². The van der Waals surface area contributed by atoms with Crippen LogP contribution in [0.3, 0.4) is 0 Å². The van der Waals surface area contributed by atoms with E-state index in [2.05, 4.69) is 14.9 Å². The Morgan fingerprint density at radius 3 is 2.94 bits per heavy atom. The van der Waals surface area contributed by atoms with Crippen molar-refractivity contribution in [2.75, 3.05) is 19.0 Å². The maximum absolute atomic E-state index is 5.80. The number of hydrogen-bond acceptors (Lipinski definition) is 2. The molecule has 0 radical (unpaired) electrons. The van der Waals surface area contributed by atoms with Gasteiger partial charge < -0.3 is 9.88 Å². The highest BCUT2D eigenvalue weighted by molar-refractivity contribution is 6.17. The van der Waals surface area contributed by atoms with Crippen LogP contribution in [0.4, 0.5) is 0 Å². The van der Waals surface area contributed by atoms with Gasteiger partial charge in [0.15, 0.2) is 0 Å². The third kappa shape index (κ3) is 2.98. The van der Waals surface area contributed by atoms with Gasteiger partial charge in [0.1, 0.15) is 5.82 Å². The predicted octanol–water partition coefficient (Wildman–Crippen LogP) is 1.96. The third-order valence-corrected chi connectivity index (χ3v) is 3.72. The van der Waals surface area contributed by atoms with Crippen LogP contribution in [-0.2, 0) is 13.5 Å². The summed E-state index contributed by atoms with van der Waals surface area (Å²) in [5.74, 6) is 1.94. The van der Waals surface area contributed by atoms with E-state index in [9.17, 15) is 0 Å². The highest BCUT2D eigenvalue weighted by atomic mass is 35.5. The molecule has 1 saturated carbocycles. The van der Waals surface area contributed by atoms with Gasteiger partial charge in [0, 0.05) is 44.8 Å². The molecule has 4 heteroatoms. The van der Waals surface area contributed by atoms with Crippen molar-refractivity contribution < 1.29 is 0 Å². The molecule has 1 fully saturated rings. The Hall–Kier alpha value is -0.540. The van der Waals surface area contributed by atoms with Crippen LogP contribution in [0.5, 0.6) is 0 Å². The first-order valence-corrected chi connectivity index (χ1v) is 6.52. The molecule has 90 valence electrons. The molecule has 1 aromatic rings. The van der Waals surface area contributed by atoms with Crippen LogP contribution in [0.2, 0.25) is 0 Å². The molecular formula is C12H20ClN3. The molecule has 0 saturated heterocycles. The maximum atomic E-state index is 5.80. The van der Waals surface area contributed by atoms with Gasteiger partial charge >= 0.3 is 0 Å². The Labute approximate surface area is 102 Å². The molecule has 1 aliphatic rings. The molecule has 2 rings (SSSR count). The maximum Gasteiger partial charge on any atom is 0.109 e. The molecule has 0 amide bonds. The molecule has 0 bridgehead atoms. The minimum absolute atomic E-state index is 0.531. The summed E-state index contributed by atoms with van der Waals surface area (Å²) in [4.78, 5) is 4.30. The van der Waals surface area contributed by atoms with E-state index in [1.807, 2.05) is 19.4 Å². The van der Waals surface area contributed by atoms with Gasteiger partial charge in [-0.3, -0.25) is 0 Å². The van der Waals surface area contributed by atoms with Crippen molar-refractivity contribution >= 4 is 11.6 Å². The smallest absolute Gasteiger partial charge is 0.109 e. The number of nitrogens with zero attached hydrogens (tertiary/aromatic N) is 2. The van der Waals surface area contributed by atoms with Crippen LogP contribution in [0, 0.1) is 5.41 Å². The van der Waals surface area contributed by atoms with E-state index in [0.29, 0.717) is 5.41 Å². The van der Waals surface area contributed by atoms with E-state index in [1.54, 1.807) is 0 Å². The Morgan fingerprint density at radius 2 is 2.38 bits per heavy atom. The fraction of sp³-hybridized carbons (Fsp3) is 0.750. The van der Waals surface area contributed by atoms with Gasteiger partial charge in [-0.2, -0.15) is 0 Å². The van der Waals surface area contributed by atoms with E-state index in [4.69, 9.17) is 11.6 Å². The van der Waals surface area contributed by atoms with E-state index < -0.39 is 0 Å². The van der Waals surface area contributed by atoms with Gasteiger partial charge in [0.05, 0.1) is 0 Å². The Morgan fingerprint density at radius 1 is 1.56 bits per heavy atom. The summed E-state index contributed by atoms with van der Waals surface area (Å²) < 4.78 is 2.08. The van der Waals surface area contributed by atoms with Crippen LogP contribution in [0.15, 0.2) is 12.4 Å². The summed E-state index contributed by atoms with van der Waals surface area (Å²) in [5, 5.41) is 3.53. The topological polar surface area (TPSA) is 29.9 Å². The Bertz CT molecular complexity index is 331. The molecule has 1 heterocycles. The summed E-state index contributed by atoms with van der Waals surface area (Å²) in [6.45, 7) is 2.12.